The molecule has 1 aromatic heterocycles. The normalized spacial score (nSPS) is 18.7. The van der Waals surface area contributed by atoms with E-state index < -0.39 is 5.60 Å². The van der Waals surface area contributed by atoms with E-state index in [2.05, 4.69) is 27.5 Å². The highest BCUT2D eigenvalue weighted by molar-refractivity contribution is 6.30. The molecule has 1 fully saturated rings. The van der Waals surface area contributed by atoms with Crippen molar-refractivity contribution in [3.8, 4) is 11.6 Å². The Morgan fingerprint density at radius 1 is 1.09 bits per heavy atom. The number of aliphatic hydroxyl groups is 1. The number of rotatable bonds is 5. The average molecular weight is 490 g/mol. The van der Waals surface area contributed by atoms with Gasteiger partial charge in [-0.2, -0.15) is 0 Å². The number of aromatic nitrogens is 1. The lowest BCUT2D eigenvalue weighted by Crippen LogP contribution is -2.42. The van der Waals surface area contributed by atoms with Crippen molar-refractivity contribution in [1.29, 1.82) is 0 Å². The molecule has 0 unspecified atom stereocenters. The average Bonchev–Trinajstić information content (AvgIpc) is 3.03. The van der Waals surface area contributed by atoms with E-state index in [0.29, 0.717) is 29.5 Å². The monoisotopic (exact) mass is 489 g/mol. The van der Waals surface area contributed by atoms with Crippen molar-refractivity contribution in [2.45, 2.75) is 24.9 Å². The second-order valence-corrected chi connectivity index (χ2v) is 9.40. The minimum absolute atomic E-state index is 0.564. The van der Waals surface area contributed by atoms with E-state index in [1.165, 1.54) is 6.20 Å². The van der Waals surface area contributed by atoms with Crippen LogP contribution in [-0.4, -0.2) is 39.8 Å². The molecule has 3 heterocycles. The summed E-state index contributed by atoms with van der Waals surface area (Å²) in [6.45, 7) is 2.55. The summed E-state index contributed by atoms with van der Waals surface area (Å²) in [7, 11) is 0. The van der Waals surface area contributed by atoms with E-state index in [1.807, 2.05) is 54.6 Å². The molecule has 3 N–H and O–H groups in total. The summed E-state index contributed by atoms with van der Waals surface area (Å²) in [4.78, 5) is 6.84. The lowest BCUT2D eigenvalue weighted by Gasteiger charge is -2.38. The van der Waals surface area contributed by atoms with Crippen LogP contribution in [0.1, 0.15) is 30.4 Å². The minimum Gasteiger partial charge on any atom is -0.438 e. The molecular weight excluding hydrogens is 462 g/mol. The third kappa shape index (κ3) is 5.11. The van der Waals surface area contributed by atoms with Gasteiger partial charge in [-0.1, -0.05) is 41.9 Å². The number of nitrogens with one attached hydrogen (secondary N) is 1. The molecule has 0 spiro atoms. The molecule has 35 heavy (non-hydrogen) atoms. The van der Waals surface area contributed by atoms with Gasteiger partial charge >= 0.3 is 0 Å². The standard InChI is InChI=1S/C28H28ClN3O3/c29-23-10-8-22(9-11-23)28(33)12-16-32(17-13-28)15-3-5-20-18-25-21(19-31-34)4-1-7-26(25)35-27-24(20)6-2-14-30-27/h1-2,4-11,14,18-19,31,33-34H,3,12-13,15-17H2. The van der Waals surface area contributed by atoms with Gasteiger partial charge in [-0.25, -0.2) is 4.98 Å². The Hall–Kier alpha value is -3.16. The third-order valence-corrected chi connectivity index (χ3v) is 7.03. The largest absolute Gasteiger partial charge is 0.438 e. The van der Waals surface area contributed by atoms with Gasteiger partial charge in [0.25, 0.3) is 0 Å². The van der Waals surface area contributed by atoms with E-state index in [1.54, 1.807) is 6.20 Å². The highest BCUT2D eigenvalue weighted by atomic mass is 35.5. The number of likely N-dealkylation sites (tertiary alicyclic amines) is 1. The van der Waals surface area contributed by atoms with Crippen LogP contribution in [0.2, 0.25) is 5.02 Å². The Morgan fingerprint density at radius 2 is 1.89 bits per heavy atom. The first-order chi connectivity index (χ1) is 17.1. The number of hydroxylamine groups is 1. The molecule has 0 atom stereocenters. The summed E-state index contributed by atoms with van der Waals surface area (Å²) in [5, 5.41) is 22.8. The van der Waals surface area contributed by atoms with Gasteiger partial charge in [-0.15, -0.1) is 0 Å². The predicted molar refractivity (Wildman–Crippen MR) is 137 cm³/mol. The van der Waals surface area contributed by atoms with Gasteiger partial charge in [0.2, 0.25) is 5.88 Å². The van der Waals surface area contributed by atoms with Crippen molar-refractivity contribution in [2.24, 2.45) is 0 Å². The summed E-state index contributed by atoms with van der Waals surface area (Å²) in [6, 6.07) is 17.1. The highest BCUT2D eigenvalue weighted by Gasteiger charge is 2.33. The molecule has 2 aliphatic heterocycles. The first-order valence-corrected chi connectivity index (χ1v) is 12.2. The van der Waals surface area contributed by atoms with Crippen molar-refractivity contribution in [3.63, 3.8) is 0 Å². The Balaban J connectivity index is 1.34. The van der Waals surface area contributed by atoms with Crippen molar-refractivity contribution >= 4 is 29.5 Å². The van der Waals surface area contributed by atoms with E-state index in [-0.39, 0.29) is 0 Å². The van der Waals surface area contributed by atoms with Crippen molar-refractivity contribution in [1.82, 2.24) is 15.4 Å². The highest BCUT2D eigenvalue weighted by Crippen LogP contribution is 2.34. The van der Waals surface area contributed by atoms with E-state index in [4.69, 9.17) is 16.3 Å². The van der Waals surface area contributed by atoms with Crippen molar-refractivity contribution in [2.75, 3.05) is 19.6 Å². The third-order valence-electron chi connectivity index (χ3n) is 6.78. The van der Waals surface area contributed by atoms with Gasteiger partial charge in [-0.05, 0) is 66.8 Å². The molecule has 5 rings (SSSR count). The smallest absolute Gasteiger partial charge is 0.227 e. The van der Waals surface area contributed by atoms with Crippen LogP contribution in [0.15, 0.2) is 66.9 Å². The molecule has 2 aromatic carbocycles. The zero-order valence-electron chi connectivity index (χ0n) is 19.3. The van der Waals surface area contributed by atoms with Gasteiger partial charge < -0.3 is 14.7 Å². The molecule has 180 valence electrons. The number of benzene rings is 2. The zero-order chi connectivity index (χ0) is 24.3. The summed E-state index contributed by atoms with van der Waals surface area (Å²) in [5.74, 6) is 1.25. The van der Waals surface area contributed by atoms with Gasteiger partial charge in [-0.3, -0.25) is 10.7 Å². The summed E-state index contributed by atoms with van der Waals surface area (Å²) in [6.07, 6.45) is 9.79. The van der Waals surface area contributed by atoms with Crippen LogP contribution in [0, 0.1) is 0 Å². The Morgan fingerprint density at radius 3 is 2.66 bits per heavy atom. The molecule has 7 heteroatoms. The molecule has 0 aliphatic carbocycles. The number of ether oxygens (including phenoxy) is 1. The predicted octanol–water partition coefficient (Wildman–Crippen LogP) is 3.80. The lowest BCUT2D eigenvalue weighted by molar-refractivity contribution is -0.0254. The van der Waals surface area contributed by atoms with Crippen LogP contribution < -0.4 is 20.7 Å². The molecule has 0 radical (unpaired) electrons. The van der Waals surface area contributed by atoms with E-state index in [9.17, 15) is 10.3 Å². The summed E-state index contributed by atoms with van der Waals surface area (Å²) < 4.78 is 6.13. The Labute approximate surface area is 209 Å². The molecule has 0 amide bonds. The van der Waals surface area contributed by atoms with E-state index >= 15 is 0 Å². The number of pyridine rings is 1. The lowest BCUT2D eigenvalue weighted by atomic mass is 9.84. The van der Waals surface area contributed by atoms with Crippen LogP contribution in [0.3, 0.4) is 0 Å². The van der Waals surface area contributed by atoms with Crippen molar-refractivity contribution in [3.05, 3.63) is 93.5 Å². The van der Waals surface area contributed by atoms with Crippen LogP contribution in [0.4, 0.5) is 0 Å². The molecule has 3 aromatic rings. The van der Waals surface area contributed by atoms with Crippen LogP contribution >= 0.6 is 11.6 Å². The molecule has 0 bridgehead atoms. The fraction of sp³-hybridized carbons (Fsp3) is 0.250. The van der Waals surface area contributed by atoms with Crippen LogP contribution in [0.25, 0.3) is 17.8 Å². The number of piperidine rings is 1. The molecular formula is C28H28ClN3O3. The second-order valence-electron chi connectivity index (χ2n) is 8.96. The first-order valence-electron chi connectivity index (χ1n) is 11.8. The number of hydrogen-bond donors (Lipinski definition) is 3. The Kier molecular flexibility index (Phi) is 6.88. The first kappa shape index (κ1) is 23.6. The minimum atomic E-state index is -0.798. The number of allylic oxidation sites excluding steroid dienone is 1. The van der Waals surface area contributed by atoms with Crippen LogP contribution in [-0.2, 0) is 5.60 Å². The summed E-state index contributed by atoms with van der Waals surface area (Å²) >= 11 is 6.01. The topological polar surface area (TPSA) is 77.9 Å². The van der Waals surface area contributed by atoms with Gasteiger partial charge in [0.05, 0.1) is 5.60 Å². The fourth-order valence-corrected chi connectivity index (χ4v) is 4.92. The number of halogens is 1. The SMILES string of the molecule is ONC=c1cccc2c1=CC(=CCCN1CCC(O)(c3ccc(Cl)cc3)CC1)c1cccnc1O2. The molecule has 1 saturated heterocycles. The molecule has 0 saturated carbocycles. The van der Waals surface area contributed by atoms with E-state index in [0.717, 1.165) is 53.2 Å². The molecule has 6 nitrogen and oxygen atoms in total. The van der Waals surface area contributed by atoms with Gasteiger partial charge in [0.1, 0.15) is 5.75 Å². The number of fused-ring (bicyclic) bond motifs is 2. The van der Waals surface area contributed by atoms with Crippen molar-refractivity contribution < 1.29 is 15.1 Å². The maximum absolute atomic E-state index is 11.2. The maximum atomic E-state index is 11.2. The maximum Gasteiger partial charge on any atom is 0.227 e. The van der Waals surface area contributed by atoms with Gasteiger partial charge in [0.15, 0.2) is 0 Å². The summed E-state index contributed by atoms with van der Waals surface area (Å²) in [5.41, 5.74) is 4.23. The molecule has 2 aliphatic rings. The quantitative estimate of drug-likeness (QED) is 0.473. The number of nitrogens with zero attached hydrogens (tertiary/aromatic N) is 2. The second kappa shape index (κ2) is 10.2. The Bertz CT molecular complexity index is 1350. The van der Waals surface area contributed by atoms with Crippen LogP contribution in [0.5, 0.6) is 11.6 Å². The van der Waals surface area contributed by atoms with Gasteiger partial charge in [0, 0.05) is 53.1 Å². The number of hydrogen-bond acceptors (Lipinski definition) is 6. The fourth-order valence-electron chi connectivity index (χ4n) is 4.80. The zero-order valence-corrected chi connectivity index (χ0v) is 20.1.